The van der Waals surface area contributed by atoms with Crippen molar-refractivity contribution in [3.63, 3.8) is 0 Å². The average molecular weight is 212 g/mol. The van der Waals surface area contributed by atoms with E-state index in [2.05, 4.69) is 12.2 Å². The van der Waals surface area contributed by atoms with Gasteiger partial charge in [-0.05, 0) is 32.7 Å². The van der Waals surface area contributed by atoms with Crippen LogP contribution >= 0.6 is 0 Å². The molecular weight excluding hydrogens is 192 g/mol. The number of hydrogen-bond acceptors (Lipinski definition) is 3. The van der Waals surface area contributed by atoms with Crippen molar-refractivity contribution in [1.82, 2.24) is 10.2 Å². The van der Waals surface area contributed by atoms with Gasteiger partial charge in [0.15, 0.2) is 0 Å². The van der Waals surface area contributed by atoms with Crippen molar-refractivity contribution in [3.05, 3.63) is 0 Å². The smallest absolute Gasteiger partial charge is 0.226 e. The quantitative estimate of drug-likeness (QED) is 0.696. The Hall–Kier alpha value is -0.610. The molecule has 1 amide bonds. The van der Waals surface area contributed by atoms with Crippen LogP contribution in [0.4, 0.5) is 0 Å². The lowest BCUT2D eigenvalue weighted by molar-refractivity contribution is -0.136. The maximum Gasteiger partial charge on any atom is 0.226 e. The number of nitrogens with one attached hydrogen (secondary N) is 1. The van der Waals surface area contributed by atoms with Crippen molar-refractivity contribution in [1.29, 1.82) is 0 Å². The van der Waals surface area contributed by atoms with Gasteiger partial charge in [0.05, 0.1) is 31.8 Å². The van der Waals surface area contributed by atoms with Gasteiger partial charge in [-0.25, -0.2) is 0 Å². The Morgan fingerprint density at radius 1 is 1.47 bits per heavy atom. The molecule has 0 aliphatic carbocycles. The predicted octanol–water partition coefficient (Wildman–Crippen LogP) is 0.723. The fourth-order valence-corrected chi connectivity index (χ4v) is 2.42. The van der Waals surface area contributed by atoms with Crippen LogP contribution in [0.15, 0.2) is 0 Å². The Morgan fingerprint density at radius 3 is 3.07 bits per heavy atom. The Balaban J connectivity index is 2.04. The lowest BCUT2D eigenvalue weighted by Gasteiger charge is -2.37. The van der Waals surface area contributed by atoms with Crippen molar-refractivity contribution in [2.24, 2.45) is 0 Å². The molecule has 0 radical (unpaired) electrons. The number of nitrogens with zero attached hydrogens (tertiary/aromatic N) is 1. The fraction of sp³-hybridized carbons (Fsp3) is 0.909. The highest BCUT2D eigenvalue weighted by Gasteiger charge is 2.30. The maximum absolute atomic E-state index is 11.9. The number of carbonyl (C=O) groups excluding carboxylic acids is 1. The molecule has 2 saturated heterocycles. The molecule has 0 bridgehead atoms. The zero-order valence-electron chi connectivity index (χ0n) is 9.37. The van der Waals surface area contributed by atoms with Crippen LogP contribution in [0.3, 0.4) is 0 Å². The minimum Gasteiger partial charge on any atom is -0.379 e. The van der Waals surface area contributed by atoms with Gasteiger partial charge in [0.1, 0.15) is 0 Å². The van der Waals surface area contributed by atoms with Gasteiger partial charge in [-0.15, -0.1) is 0 Å². The van der Waals surface area contributed by atoms with E-state index in [1.165, 1.54) is 12.8 Å². The Bertz CT molecular complexity index is 227. The van der Waals surface area contributed by atoms with E-state index in [4.69, 9.17) is 4.74 Å². The normalized spacial score (nSPS) is 33.9. The number of carbonyl (C=O) groups is 1. The molecule has 0 saturated carbocycles. The number of amides is 1. The average Bonchev–Trinajstić information content (AvgIpc) is 2.41. The van der Waals surface area contributed by atoms with E-state index in [-0.39, 0.29) is 18.1 Å². The summed E-state index contributed by atoms with van der Waals surface area (Å²) >= 11 is 0. The highest BCUT2D eigenvalue weighted by atomic mass is 16.5. The van der Waals surface area contributed by atoms with Gasteiger partial charge < -0.3 is 9.64 Å². The first kappa shape index (κ1) is 10.9. The standard InChI is InChI=1S/C11H20N2O2/c1-9-8-15-7-5-11(14)13(9)10-4-2-3-6-12-10/h9-10,12H,2-8H2,1H3. The summed E-state index contributed by atoms with van der Waals surface area (Å²) in [6.07, 6.45) is 4.29. The highest BCUT2D eigenvalue weighted by molar-refractivity contribution is 5.77. The van der Waals surface area contributed by atoms with Crippen LogP contribution in [0.5, 0.6) is 0 Å². The summed E-state index contributed by atoms with van der Waals surface area (Å²) in [5, 5.41) is 3.43. The third kappa shape index (κ3) is 2.49. The third-order valence-electron chi connectivity index (χ3n) is 3.20. The molecule has 2 rings (SSSR count). The molecule has 0 aromatic heterocycles. The van der Waals surface area contributed by atoms with Crippen LogP contribution in [0.1, 0.15) is 32.6 Å². The van der Waals surface area contributed by atoms with Crippen LogP contribution in [-0.4, -0.2) is 42.8 Å². The zero-order chi connectivity index (χ0) is 10.7. The molecule has 86 valence electrons. The van der Waals surface area contributed by atoms with E-state index in [0.29, 0.717) is 19.6 Å². The van der Waals surface area contributed by atoms with Crippen molar-refractivity contribution >= 4 is 5.91 Å². The van der Waals surface area contributed by atoms with Crippen LogP contribution < -0.4 is 5.32 Å². The summed E-state index contributed by atoms with van der Waals surface area (Å²) in [6.45, 7) is 4.35. The van der Waals surface area contributed by atoms with Crippen molar-refractivity contribution in [3.8, 4) is 0 Å². The van der Waals surface area contributed by atoms with Gasteiger partial charge >= 0.3 is 0 Å². The van der Waals surface area contributed by atoms with Gasteiger partial charge in [-0.3, -0.25) is 10.1 Å². The van der Waals surface area contributed by atoms with Crippen LogP contribution in [-0.2, 0) is 9.53 Å². The largest absolute Gasteiger partial charge is 0.379 e. The molecular formula is C11H20N2O2. The second kappa shape index (κ2) is 4.94. The van der Waals surface area contributed by atoms with Crippen LogP contribution in [0.2, 0.25) is 0 Å². The molecule has 0 aromatic rings. The predicted molar refractivity (Wildman–Crippen MR) is 57.4 cm³/mol. The number of ether oxygens (including phenoxy) is 1. The maximum atomic E-state index is 11.9. The van der Waals surface area contributed by atoms with Gasteiger partial charge in [-0.1, -0.05) is 0 Å². The van der Waals surface area contributed by atoms with Crippen molar-refractivity contribution in [2.45, 2.75) is 44.8 Å². The molecule has 2 atom stereocenters. The highest BCUT2D eigenvalue weighted by Crippen LogP contribution is 2.17. The van der Waals surface area contributed by atoms with Gasteiger partial charge in [0, 0.05) is 0 Å². The van der Waals surface area contributed by atoms with Crippen molar-refractivity contribution in [2.75, 3.05) is 19.8 Å². The first-order chi connectivity index (χ1) is 7.29. The van der Waals surface area contributed by atoms with E-state index >= 15 is 0 Å². The second-order valence-electron chi connectivity index (χ2n) is 4.44. The number of hydrogen-bond donors (Lipinski definition) is 1. The van der Waals surface area contributed by atoms with Crippen LogP contribution in [0, 0.1) is 0 Å². The van der Waals surface area contributed by atoms with E-state index in [1.54, 1.807) is 0 Å². The molecule has 4 nitrogen and oxygen atoms in total. The molecule has 2 fully saturated rings. The molecule has 1 N–H and O–H groups in total. The zero-order valence-corrected chi connectivity index (χ0v) is 9.37. The minimum absolute atomic E-state index is 0.204. The van der Waals surface area contributed by atoms with Gasteiger partial charge in [-0.2, -0.15) is 0 Å². The van der Waals surface area contributed by atoms with E-state index in [1.807, 2.05) is 4.90 Å². The monoisotopic (exact) mass is 212 g/mol. The molecule has 2 heterocycles. The van der Waals surface area contributed by atoms with Gasteiger partial charge in [0.25, 0.3) is 0 Å². The topological polar surface area (TPSA) is 41.6 Å². The molecule has 0 aromatic carbocycles. The summed E-state index contributed by atoms with van der Waals surface area (Å²) in [6, 6.07) is 0.204. The van der Waals surface area contributed by atoms with E-state index in [9.17, 15) is 4.79 Å². The summed E-state index contributed by atoms with van der Waals surface area (Å²) < 4.78 is 5.41. The van der Waals surface area contributed by atoms with Crippen molar-refractivity contribution < 1.29 is 9.53 Å². The molecule has 2 aliphatic heterocycles. The second-order valence-corrected chi connectivity index (χ2v) is 4.44. The summed E-state index contributed by atoms with van der Waals surface area (Å²) in [7, 11) is 0. The Morgan fingerprint density at radius 2 is 2.33 bits per heavy atom. The summed E-state index contributed by atoms with van der Waals surface area (Å²) in [4.78, 5) is 13.9. The number of piperidine rings is 1. The first-order valence-electron chi connectivity index (χ1n) is 5.91. The fourth-order valence-electron chi connectivity index (χ4n) is 2.42. The number of rotatable bonds is 1. The van der Waals surface area contributed by atoms with Crippen LogP contribution in [0.25, 0.3) is 0 Å². The van der Waals surface area contributed by atoms with Gasteiger partial charge in [0.2, 0.25) is 5.91 Å². The summed E-state index contributed by atoms with van der Waals surface area (Å²) in [5.41, 5.74) is 0. The third-order valence-corrected chi connectivity index (χ3v) is 3.20. The molecule has 2 aliphatic rings. The van der Waals surface area contributed by atoms with E-state index in [0.717, 1.165) is 13.0 Å². The molecule has 15 heavy (non-hydrogen) atoms. The van der Waals surface area contributed by atoms with E-state index < -0.39 is 0 Å². The lowest BCUT2D eigenvalue weighted by Crippen LogP contribution is -2.54. The Kier molecular flexibility index (Phi) is 3.59. The molecule has 2 unspecified atom stereocenters. The SMILES string of the molecule is CC1COCCC(=O)N1C1CCCCN1. The lowest BCUT2D eigenvalue weighted by atomic mass is 10.1. The first-order valence-corrected chi connectivity index (χ1v) is 5.91. The minimum atomic E-state index is 0.204. The Labute approximate surface area is 91.0 Å². The summed E-state index contributed by atoms with van der Waals surface area (Å²) in [5.74, 6) is 0.236. The molecule has 4 heteroatoms. The molecule has 0 spiro atoms.